The van der Waals surface area contributed by atoms with Crippen molar-refractivity contribution in [1.82, 2.24) is 29.9 Å². The lowest BCUT2D eigenvalue weighted by molar-refractivity contribution is -0.142. The number of pyridine rings is 1. The van der Waals surface area contributed by atoms with E-state index in [9.17, 15) is 35.2 Å². The van der Waals surface area contributed by atoms with Gasteiger partial charge in [0.05, 0.1) is 38.2 Å². The molecular formula is C40H37ClF7N7O3S2. The molecule has 3 aromatic heterocycles. The number of carbonyl (C=O) groups is 1. The van der Waals surface area contributed by atoms with Gasteiger partial charge in [-0.05, 0) is 88.3 Å². The van der Waals surface area contributed by atoms with Crippen LogP contribution in [0, 0.1) is 23.5 Å². The van der Waals surface area contributed by atoms with Crippen molar-refractivity contribution in [2.45, 2.75) is 87.6 Å². The molecule has 20 heteroatoms. The van der Waals surface area contributed by atoms with E-state index in [-0.39, 0.29) is 50.9 Å². The molecule has 2 aliphatic rings. The highest BCUT2D eigenvalue weighted by Crippen LogP contribution is 2.47. The Morgan fingerprint density at radius 3 is 2.40 bits per heavy atom. The fraction of sp³-hybridized carbons (Fsp3) is 0.400. The van der Waals surface area contributed by atoms with Gasteiger partial charge in [-0.15, -0.1) is 11.8 Å². The average molecular weight is 896 g/mol. The number of nitrogens with zero attached hydrogens (tertiary/aromatic N) is 5. The number of carbonyl (C=O) groups excluding carboxylic acids is 1. The SMILES string of the molecule is CCS(=O)(=O)Nc1nn(C)c2c(-c3ccc(C#CC(C)(C)SC4CC4)nc3[C@H](Cc3cc(F)cc(F)c3)NC(=O)Cn3nc(C(F)(F)F)c4c3C(F)(F)CC4)ccc(Cl)c12. The number of amides is 1. The molecule has 1 amide bonds. The first kappa shape index (κ1) is 43.3. The van der Waals surface area contributed by atoms with Crippen LogP contribution in [0.2, 0.25) is 5.02 Å². The van der Waals surface area contributed by atoms with Gasteiger partial charge in [-0.3, -0.25) is 18.9 Å². The summed E-state index contributed by atoms with van der Waals surface area (Å²) in [6, 6.07) is 7.67. The van der Waals surface area contributed by atoms with E-state index >= 15 is 8.78 Å². The standard InChI is InChI=1S/C40H37ClF7N7O3S2/c1-5-60(57,58)53-37-32-29(41)11-10-27(34(32)54(4)52-37)26-9-6-24(12-14-38(2,3)59-25-7-8-25)49-33(26)30(18-21-16-22(42)19-23(43)17-21)50-31(56)20-55-36-28(13-15-39(36,44)45)35(51-55)40(46,47)48/h6,9-11,16-17,19,25,30H,5,7-8,13,15,18,20H2,1-4H3,(H,50,56)(H,52,53)/t30-/m0/s1. The number of hydrogen-bond donors (Lipinski definition) is 2. The van der Waals surface area contributed by atoms with E-state index in [1.54, 1.807) is 37.0 Å². The van der Waals surface area contributed by atoms with Crippen LogP contribution in [-0.2, 0) is 53.4 Å². The monoisotopic (exact) mass is 895 g/mol. The van der Waals surface area contributed by atoms with Crippen molar-refractivity contribution in [2.24, 2.45) is 7.05 Å². The first-order chi connectivity index (χ1) is 28.0. The maximum atomic E-state index is 15.0. The van der Waals surface area contributed by atoms with Gasteiger partial charge in [-0.1, -0.05) is 23.6 Å². The maximum absolute atomic E-state index is 15.0. The highest BCUT2D eigenvalue weighted by Gasteiger charge is 2.50. The molecule has 2 aliphatic carbocycles. The second-order valence-corrected chi connectivity index (χ2v) is 19.5. The Hall–Kier alpha value is -4.80. The smallest absolute Gasteiger partial charge is 0.346 e. The molecule has 0 aliphatic heterocycles. The Balaban J connectivity index is 1.39. The summed E-state index contributed by atoms with van der Waals surface area (Å²) >= 11 is 8.35. The van der Waals surface area contributed by atoms with E-state index in [1.807, 2.05) is 13.8 Å². The number of thioether (sulfide) groups is 1. The molecular weight excluding hydrogens is 859 g/mol. The van der Waals surface area contributed by atoms with E-state index in [4.69, 9.17) is 16.6 Å². The first-order valence-electron chi connectivity index (χ1n) is 18.7. The third-order valence-corrected chi connectivity index (χ3v) is 13.0. The van der Waals surface area contributed by atoms with Crippen molar-refractivity contribution >= 4 is 56.0 Å². The number of anilines is 1. The van der Waals surface area contributed by atoms with Crippen LogP contribution in [0.15, 0.2) is 42.5 Å². The zero-order chi connectivity index (χ0) is 43.5. The maximum Gasteiger partial charge on any atom is 0.435 e. The molecule has 0 bridgehead atoms. The Morgan fingerprint density at radius 1 is 1.07 bits per heavy atom. The summed E-state index contributed by atoms with van der Waals surface area (Å²) in [4.78, 5) is 18.8. The average Bonchev–Trinajstić information content (AvgIpc) is 3.64. The molecule has 318 valence electrons. The summed E-state index contributed by atoms with van der Waals surface area (Å²) in [6.07, 6.45) is -4.80. The van der Waals surface area contributed by atoms with Crippen LogP contribution in [0.3, 0.4) is 0 Å². The van der Waals surface area contributed by atoms with Crippen molar-refractivity contribution in [1.29, 1.82) is 0 Å². The van der Waals surface area contributed by atoms with Gasteiger partial charge in [0.25, 0.3) is 5.92 Å². The summed E-state index contributed by atoms with van der Waals surface area (Å²) in [5.74, 6) is -0.689. The fourth-order valence-corrected chi connectivity index (χ4v) is 9.35. The topological polar surface area (TPSA) is 124 Å². The predicted octanol–water partition coefficient (Wildman–Crippen LogP) is 8.71. The van der Waals surface area contributed by atoms with E-state index < -0.39 is 86.8 Å². The van der Waals surface area contributed by atoms with Gasteiger partial charge in [0.1, 0.15) is 29.6 Å². The van der Waals surface area contributed by atoms with Crippen LogP contribution >= 0.6 is 23.4 Å². The van der Waals surface area contributed by atoms with Crippen LogP contribution in [0.4, 0.5) is 36.6 Å². The number of aryl methyl sites for hydroxylation is 1. The van der Waals surface area contributed by atoms with E-state index in [0.29, 0.717) is 27.1 Å². The molecule has 60 heavy (non-hydrogen) atoms. The van der Waals surface area contributed by atoms with Gasteiger partial charge in [0.15, 0.2) is 11.5 Å². The largest absolute Gasteiger partial charge is 0.435 e. The van der Waals surface area contributed by atoms with Gasteiger partial charge < -0.3 is 5.32 Å². The second-order valence-electron chi connectivity index (χ2n) is 15.1. The molecule has 5 aromatic rings. The van der Waals surface area contributed by atoms with Gasteiger partial charge >= 0.3 is 6.18 Å². The molecule has 2 N–H and O–H groups in total. The number of nitrogens with one attached hydrogen (secondary N) is 2. The molecule has 2 aromatic carbocycles. The highest BCUT2D eigenvalue weighted by atomic mass is 35.5. The molecule has 1 fully saturated rings. The molecule has 3 heterocycles. The van der Waals surface area contributed by atoms with Crippen LogP contribution in [-0.4, -0.2) is 54.6 Å². The molecule has 1 atom stereocenters. The van der Waals surface area contributed by atoms with E-state index in [0.717, 1.165) is 25.0 Å². The summed E-state index contributed by atoms with van der Waals surface area (Å²) in [7, 11) is -2.29. The molecule has 0 saturated heterocycles. The molecule has 0 unspecified atom stereocenters. The molecule has 0 radical (unpaired) electrons. The number of aromatic nitrogens is 5. The van der Waals surface area contributed by atoms with Crippen molar-refractivity contribution < 1.29 is 43.9 Å². The molecule has 1 saturated carbocycles. The summed E-state index contributed by atoms with van der Waals surface area (Å²) < 4.78 is 130. The molecule has 10 nitrogen and oxygen atoms in total. The number of halogens is 8. The minimum Gasteiger partial charge on any atom is -0.346 e. The Bertz CT molecular complexity index is 2680. The van der Waals surface area contributed by atoms with Gasteiger partial charge in [-0.25, -0.2) is 22.2 Å². The summed E-state index contributed by atoms with van der Waals surface area (Å²) in [5, 5.41) is 11.3. The Morgan fingerprint density at radius 2 is 1.75 bits per heavy atom. The van der Waals surface area contributed by atoms with Crippen molar-refractivity contribution in [3.63, 3.8) is 0 Å². The Kier molecular flexibility index (Phi) is 11.5. The lowest BCUT2D eigenvalue weighted by Gasteiger charge is -2.23. The summed E-state index contributed by atoms with van der Waals surface area (Å²) in [5.41, 5.74) is -1.97. The number of benzene rings is 2. The van der Waals surface area contributed by atoms with Gasteiger partial charge in [-0.2, -0.15) is 32.1 Å². The van der Waals surface area contributed by atoms with Crippen LogP contribution < -0.4 is 10.0 Å². The Labute approximate surface area is 349 Å². The van der Waals surface area contributed by atoms with Crippen molar-refractivity contribution in [3.05, 3.63) is 93.0 Å². The van der Waals surface area contributed by atoms with Crippen molar-refractivity contribution in [3.8, 4) is 23.0 Å². The number of fused-ring (bicyclic) bond motifs is 2. The van der Waals surface area contributed by atoms with Crippen LogP contribution in [0.1, 0.15) is 80.0 Å². The number of hydrogen-bond acceptors (Lipinski definition) is 7. The van der Waals surface area contributed by atoms with Crippen LogP contribution in [0.5, 0.6) is 0 Å². The lowest BCUT2D eigenvalue weighted by atomic mass is 9.93. The minimum absolute atomic E-state index is 0.0351. The lowest BCUT2D eigenvalue weighted by Crippen LogP contribution is -2.35. The zero-order valence-corrected chi connectivity index (χ0v) is 34.8. The molecule has 7 rings (SSSR count). The number of alkyl halides is 5. The summed E-state index contributed by atoms with van der Waals surface area (Å²) in [6.45, 7) is 4.28. The highest BCUT2D eigenvalue weighted by molar-refractivity contribution is 8.01. The van der Waals surface area contributed by atoms with Gasteiger partial charge in [0, 0.05) is 41.5 Å². The van der Waals surface area contributed by atoms with Crippen LogP contribution in [0.25, 0.3) is 22.0 Å². The molecule has 0 spiro atoms. The predicted molar refractivity (Wildman–Crippen MR) is 214 cm³/mol. The number of sulfonamides is 1. The second kappa shape index (κ2) is 15.9. The third kappa shape index (κ3) is 9.25. The van der Waals surface area contributed by atoms with E-state index in [1.165, 1.54) is 17.7 Å². The normalized spacial score (nSPS) is 15.7. The van der Waals surface area contributed by atoms with E-state index in [2.05, 4.69) is 32.1 Å². The third-order valence-electron chi connectivity index (χ3n) is 9.94. The zero-order valence-electron chi connectivity index (χ0n) is 32.4. The first-order valence-corrected chi connectivity index (χ1v) is 21.6. The quantitative estimate of drug-likeness (QED) is 0.0949. The number of rotatable bonds is 12. The fourth-order valence-electron chi connectivity index (χ4n) is 7.22. The minimum atomic E-state index is -5.08. The van der Waals surface area contributed by atoms with Gasteiger partial charge in [0.2, 0.25) is 15.9 Å². The van der Waals surface area contributed by atoms with Crippen molar-refractivity contribution in [2.75, 3.05) is 10.5 Å².